The molecule has 2 heteroatoms. The normalized spacial score (nSPS) is 17.1. The van der Waals surface area contributed by atoms with E-state index in [1.165, 1.54) is 24.8 Å². The van der Waals surface area contributed by atoms with Crippen molar-refractivity contribution in [2.24, 2.45) is 11.8 Å². The smallest absolute Gasteiger partial charge is 0.118 e. The molecule has 88 valence electrons. The van der Waals surface area contributed by atoms with Crippen LogP contribution in [-0.4, -0.2) is 20.7 Å². The first-order chi connectivity index (χ1) is 7.83. The Kier molecular flexibility index (Phi) is 3.83. The van der Waals surface area contributed by atoms with E-state index in [9.17, 15) is 0 Å². The highest BCUT2D eigenvalue weighted by Gasteiger charge is 2.30. The van der Waals surface area contributed by atoms with Crippen LogP contribution < -0.4 is 10.1 Å². The lowest BCUT2D eigenvalue weighted by Gasteiger charge is -2.15. The number of benzene rings is 1. The summed E-state index contributed by atoms with van der Waals surface area (Å²) in [7, 11) is 3.76. The van der Waals surface area contributed by atoms with Gasteiger partial charge >= 0.3 is 0 Å². The number of ether oxygens (including phenoxy) is 1. The van der Waals surface area contributed by atoms with E-state index in [1.54, 1.807) is 7.11 Å². The molecule has 0 bridgehead atoms. The summed E-state index contributed by atoms with van der Waals surface area (Å²) in [5.41, 5.74) is 1.42. The van der Waals surface area contributed by atoms with E-state index in [0.717, 1.165) is 24.1 Å². The summed E-state index contributed by atoms with van der Waals surface area (Å²) >= 11 is 0. The molecule has 0 aliphatic heterocycles. The third-order valence-electron chi connectivity index (χ3n) is 3.41. The summed E-state index contributed by atoms with van der Waals surface area (Å²) in [5, 5.41) is 3.31. The number of methoxy groups -OCH3 is 1. The van der Waals surface area contributed by atoms with Crippen LogP contribution in [0.15, 0.2) is 24.3 Å². The topological polar surface area (TPSA) is 21.3 Å². The van der Waals surface area contributed by atoms with Crippen molar-refractivity contribution in [1.82, 2.24) is 5.32 Å². The predicted molar refractivity (Wildman–Crippen MR) is 66.8 cm³/mol. The lowest BCUT2D eigenvalue weighted by molar-refractivity contribution is 0.413. The minimum atomic E-state index is 0.804. The summed E-state index contributed by atoms with van der Waals surface area (Å²) in [6.07, 6.45) is 4.03. The maximum atomic E-state index is 5.17. The molecule has 1 aliphatic rings. The van der Waals surface area contributed by atoms with Gasteiger partial charge in [0.1, 0.15) is 5.75 Å². The van der Waals surface area contributed by atoms with Crippen molar-refractivity contribution in [2.75, 3.05) is 20.7 Å². The van der Waals surface area contributed by atoms with Crippen LogP contribution in [0.2, 0.25) is 0 Å². The Hall–Kier alpha value is -1.02. The van der Waals surface area contributed by atoms with Crippen LogP contribution in [-0.2, 0) is 6.42 Å². The van der Waals surface area contributed by atoms with Crippen molar-refractivity contribution in [3.05, 3.63) is 29.8 Å². The van der Waals surface area contributed by atoms with Gasteiger partial charge in [0.2, 0.25) is 0 Å². The summed E-state index contributed by atoms with van der Waals surface area (Å²) in [6.45, 7) is 1.14. The Bertz CT molecular complexity index is 316. The van der Waals surface area contributed by atoms with Gasteiger partial charge in [-0.25, -0.2) is 0 Å². The van der Waals surface area contributed by atoms with Crippen LogP contribution in [0.25, 0.3) is 0 Å². The van der Waals surface area contributed by atoms with E-state index in [4.69, 9.17) is 4.74 Å². The van der Waals surface area contributed by atoms with Crippen LogP contribution in [0.4, 0.5) is 0 Å². The maximum Gasteiger partial charge on any atom is 0.118 e. The second kappa shape index (κ2) is 5.35. The van der Waals surface area contributed by atoms with E-state index in [-0.39, 0.29) is 0 Å². The zero-order chi connectivity index (χ0) is 11.4. The summed E-state index contributed by atoms with van der Waals surface area (Å²) in [6, 6.07) is 8.48. The Morgan fingerprint density at radius 2 is 2.00 bits per heavy atom. The third kappa shape index (κ3) is 2.99. The molecule has 0 heterocycles. The SMILES string of the molecule is CNCC(Cc1ccc(OC)cc1)C1CC1. The largest absolute Gasteiger partial charge is 0.497 e. The van der Waals surface area contributed by atoms with E-state index in [0.29, 0.717) is 0 Å². The molecular formula is C14H21NO. The van der Waals surface area contributed by atoms with E-state index in [1.807, 2.05) is 7.05 Å². The summed E-state index contributed by atoms with van der Waals surface area (Å²) in [5.74, 6) is 2.70. The molecule has 0 amide bonds. The number of nitrogens with one attached hydrogen (secondary N) is 1. The Morgan fingerprint density at radius 3 is 2.50 bits per heavy atom. The van der Waals surface area contributed by atoms with Crippen LogP contribution in [0.3, 0.4) is 0 Å². The fourth-order valence-corrected chi connectivity index (χ4v) is 2.30. The first kappa shape index (κ1) is 11.5. The first-order valence-corrected chi connectivity index (χ1v) is 6.11. The van der Waals surface area contributed by atoms with Gasteiger partial charge in [0, 0.05) is 0 Å². The van der Waals surface area contributed by atoms with Crippen molar-refractivity contribution in [1.29, 1.82) is 0 Å². The van der Waals surface area contributed by atoms with Gasteiger partial charge in [0.25, 0.3) is 0 Å². The summed E-state index contributed by atoms with van der Waals surface area (Å²) in [4.78, 5) is 0. The van der Waals surface area contributed by atoms with Crippen molar-refractivity contribution < 1.29 is 4.74 Å². The Balaban J connectivity index is 1.94. The molecule has 1 saturated carbocycles. The molecule has 1 fully saturated rings. The van der Waals surface area contributed by atoms with Gasteiger partial charge in [-0.1, -0.05) is 12.1 Å². The highest BCUT2D eigenvalue weighted by molar-refractivity contribution is 5.27. The lowest BCUT2D eigenvalue weighted by atomic mass is 9.95. The summed E-state index contributed by atoms with van der Waals surface area (Å²) < 4.78 is 5.17. The molecule has 1 unspecified atom stereocenters. The molecule has 2 rings (SSSR count). The fourth-order valence-electron chi connectivity index (χ4n) is 2.30. The molecule has 16 heavy (non-hydrogen) atoms. The van der Waals surface area contributed by atoms with Crippen molar-refractivity contribution in [3.8, 4) is 5.75 Å². The number of rotatable bonds is 6. The quantitative estimate of drug-likeness (QED) is 0.793. The van der Waals surface area contributed by atoms with Gasteiger partial charge in [0.15, 0.2) is 0 Å². The van der Waals surface area contributed by atoms with Crippen LogP contribution in [0.5, 0.6) is 5.75 Å². The second-order valence-corrected chi connectivity index (χ2v) is 4.71. The van der Waals surface area contributed by atoms with Gasteiger partial charge in [0.05, 0.1) is 7.11 Å². The van der Waals surface area contributed by atoms with Crippen molar-refractivity contribution >= 4 is 0 Å². The standard InChI is InChI=1S/C14H21NO/c1-15-10-13(12-5-6-12)9-11-3-7-14(16-2)8-4-11/h3-4,7-8,12-13,15H,5-6,9-10H2,1-2H3. The highest BCUT2D eigenvalue weighted by Crippen LogP contribution is 2.38. The molecule has 0 saturated heterocycles. The van der Waals surface area contributed by atoms with E-state index in [2.05, 4.69) is 29.6 Å². The Morgan fingerprint density at radius 1 is 1.31 bits per heavy atom. The molecule has 1 atom stereocenters. The minimum absolute atomic E-state index is 0.804. The zero-order valence-corrected chi connectivity index (χ0v) is 10.2. The predicted octanol–water partition coefficient (Wildman–Crippen LogP) is 2.48. The minimum Gasteiger partial charge on any atom is -0.497 e. The lowest BCUT2D eigenvalue weighted by Crippen LogP contribution is -2.22. The van der Waals surface area contributed by atoms with Gasteiger partial charge in [-0.2, -0.15) is 0 Å². The zero-order valence-electron chi connectivity index (χ0n) is 10.2. The molecule has 1 aromatic carbocycles. The van der Waals surface area contributed by atoms with Crippen LogP contribution in [0.1, 0.15) is 18.4 Å². The maximum absolute atomic E-state index is 5.17. The first-order valence-electron chi connectivity index (χ1n) is 6.11. The molecule has 1 aromatic rings. The molecule has 0 spiro atoms. The molecular weight excluding hydrogens is 198 g/mol. The van der Waals surface area contributed by atoms with Crippen LogP contribution in [0, 0.1) is 11.8 Å². The molecule has 0 aromatic heterocycles. The highest BCUT2D eigenvalue weighted by atomic mass is 16.5. The molecule has 1 aliphatic carbocycles. The van der Waals surface area contributed by atoms with Gasteiger partial charge in [-0.3, -0.25) is 0 Å². The van der Waals surface area contributed by atoms with Crippen LogP contribution >= 0.6 is 0 Å². The average Bonchev–Trinajstić information content (AvgIpc) is 3.13. The van der Waals surface area contributed by atoms with E-state index < -0.39 is 0 Å². The van der Waals surface area contributed by atoms with Crippen molar-refractivity contribution in [2.45, 2.75) is 19.3 Å². The van der Waals surface area contributed by atoms with Gasteiger partial charge in [-0.15, -0.1) is 0 Å². The fraction of sp³-hybridized carbons (Fsp3) is 0.571. The van der Waals surface area contributed by atoms with E-state index >= 15 is 0 Å². The van der Waals surface area contributed by atoms with Crippen molar-refractivity contribution in [3.63, 3.8) is 0 Å². The molecule has 2 nitrogen and oxygen atoms in total. The molecule has 1 N–H and O–H groups in total. The third-order valence-corrected chi connectivity index (χ3v) is 3.41. The second-order valence-electron chi connectivity index (χ2n) is 4.71. The van der Waals surface area contributed by atoms with Gasteiger partial charge < -0.3 is 10.1 Å². The molecule has 0 radical (unpaired) electrons. The average molecular weight is 219 g/mol. The Labute approximate surface area is 98.0 Å². The monoisotopic (exact) mass is 219 g/mol. The van der Waals surface area contributed by atoms with Gasteiger partial charge in [-0.05, 0) is 62.4 Å². The number of hydrogen-bond acceptors (Lipinski definition) is 2. The number of hydrogen-bond donors (Lipinski definition) is 1.